The molecule has 0 radical (unpaired) electrons. The van der Waals surface area contributed by atoms with Gasteiger partial charge in [-0.3, -0.25) is 9.63 Å². The van der Waals surface area contributed by atoms with E-state index in [0.29, 0.717) is 30.2 Å². The fourth-order valence-corrected chi connectivity index (χ4v) is 8.38. The number of hydroxylamine groups is 3. The van der Waals surface area contributed by atoms with Crippen molar-refractivity contribution in [2.45, 2.75) is 142 Å². The van der Waals surface area contributed by atoms with Gasteiger partial charge in [0.05, 0.1) is 38.8 Å². The van der Waals surface area contributed by atoms with E-state index in [0.717, 1.165) is 63.2 Å². The lowest BCUT2D eigenvalue weighted by Gasteiger charge is -2.44. The molecule has 3 saturated heterocycles. The molecule has 1 unspecified atom stereocenters. The summed E-state index contributed by atoms with van der Waals surface area (Å²) < 4.78 is 39.9. The van der Waals surface area contributed by atoms with E-state index in [2.05, 4.69) is 26.3 Å². The molecule has 0 aromatic heterocycles. The molecule has 0 aromatic rings. The van der Waals surface area contributed by atoms with Crippen LogP contribution >= 0.6 is 0 Å². The zero-order chi connectivity index (χ0) is 33.4. The summed E-state index contributed by atoms with van der Waals surface area (Å²) in [5.41, 5.74) is 1.85. The van der Waals surface area contributed by atoms with Gasteiger partial charge in [0.2, 0.25) is 5.37 Å². The number of carbonyl (C=O) groups excluding carboxylic acids is 3. The van der Waals surface area contributed by atoms with Gasteiger partial charge in [0.15, 0.2) is 0 Å². The van der Waals surface area contributed by atoms with Gasteiger partial charge in [-0.2, -0.15) is 13.5 Å². The lowest BCUT2D eigenvalue weighted by Crippen LogP contribution is -2.61. The van der Waals surface area contributed by atoms with E-state index < -0.39 is 51.2 Å². The number of quaternary nitrogens is 1. The summed E-state index contributed by atoms with van der Waals surface area (Å²) in [6, 6.07) is -1.89. The fraction of sp³-hybridized carbons (Fsp3) is 0.903. The van der Waals surface area contributed by atoms with Crippen LogP contribution in [0.3, 0.4) is 0 Å². The monoisotopic (exact) mass is 660 g/mol. The van der Waals surface area contributed by atoms with E-state index in [4.69, 9.17) is 13.9 Å². The van der Waals surface area contributed by atoms with Crippen molar-refractivity contribution in [1.82, 2.24) is 20.3 Å². The lowest BCUT2D eigenvalue weighted by molar-refractivity contribution is -0.939. The molecule has 0 aromatic carbocycles. The molecule has 3 rings (SSSR count). The Kier molecular flexibility index (Phi) is 13.3. The molecule has 0 spiro atoms. The molecule has 3 atom stereocenters. The highest BCUT2D eigenvalue weighted by molar-refractivity contribution is 7.87. The number of piperidine rings is 1. The van der Waals surface area contributed by atoms with Crippen molar-refractivity contribution in [3.05, 3.63) is 0 Å². The Labute approximate surface area is 270 Å². The van der Waals surface area contributed by atoms with E-state index in [-0.39, 0.29) is 25.7 Å². The van der Waals surface area contributed by atoms with Crippen LogP contribution in [-0.2, 0) is 28.8 Å². The maximum absolute atomic E-state index is 14.1. The molecule has 4 amide bonds. The van der Waals surface area contributed by atoms with Gasteiger partial charge >= 0.3 is 22.2 Å². The molecule has 0 saturated carbocycles. The number of likely N-dealkylation sites (tertiary alicyclic amines) is 1. The first-order chi connectivity index (χ1) is 21.2. The van der Waals surface area contributed by atoms with Gasteiger partial charge in [-0.15, -0.1) is 4.28 Å². The maximum atomic E-state index is 14.1. The number of unbranched alkanes of at least 4 members (excludes halogenated alkanes) is 3. The largest absolute Gasteiger partial charge is 0.444 e. The Morgan fingerprint density at radius 1 is 0.933 bits per heavy atom. The summed E-state index contributed by atoms with van der Waals surface area (Å²) >= 11 is 0. The number of ether oxygens (including phenoxy) is 1. The molecule has 3 aliphatic rings. The Balaban J connectivity index is 1.66. The minimum absolute atomic E-state index is 0.197. The third kappa shape index (κ3) is 9.45. The molecule has 3 aliphatic heterocycles. The highest BCUT2D eigenvalue weighted by Crippen LogP contribution is 2.34. The Hall–Kier alpha value is -2.16. The SMILES string of the molecule is CCCC[N+](CCCC)(CCCC)C(CCC)S(=O)(=O)ON1C(=O)N2C[C@H]1CC[C@H]2C(=O)NOC1CN(C(=O)OC(C)(C)C)C1. The number of fused-ring (bicyclic) bond motifs is 2. The molecule has 13 nitrogen and oxygen atoms in total. The van der Waals surface area contributed by atoms with Crippen molar-refractivity contribution in [3.8, 4) is 0 Å². The number of nitrogens with one attached hydrogen (secondary N) is 1. The van der Waals surface area contributed by atoms with E-state index in [1.807, 2.05) is 6.92 Å². The molecule has 3 fully saturated rings. The first kappa shape index (κ1) is 37.3. The van der Waals surface area contributed by atoms with Crippen LogP contribution in [0.5, 0.6) is 0 Å². The van der Waals surface area contributed by atoms with E-state index >= 15 is 0 Å². The molecule has 3 heterocycles. The molecule has 2 bridgehead atoms. The summed E-state index contributed by atoms with van der Waals surface area (Å²) in [7, 11) is -4.18. The fourth-order valence-electron chi connectivity index (χ4n) is 6.49. The minimum Gasteiger partial charge on any atom is -0.444 e. The molecule has 0 aliphatic carbocycles. The second kappa shape index (κ2) is 16.1. The van der Waals surface area contributed by atoms with E-state index in [9.17, 15) is 22.8 Å². The van der Waals surface area contributed by atoms with Gasteiger partial charge in [0, 0.05) is 13.0 Å². The molecule has 45 heavy (non-hydrogen) atoms. The number of amides is 4. The standard InChI is InChI=1S/C31H57N5O8S/c1-8-12-18-36(19-13-9-2,20-14-10-3)27(15-11-4)45(40,41)44-35-24-16-17-26(34(21-24)29(35)38)28(37)32-43-25-22-33(23-25)30(39)42-31(5,6)7/h24-27H,8-23H2,1-7H3/p+1/t24-,26+,27?/m1/s1. The summed E-state index contributed by atoms with van der Waals surface area (Å²) in [6.07, 6.45) is 6.73. The van der Waals surface area contributed by atoms with Crippen molar-refractivity contribution in [1.29, 1.82) is 0 Å². The smallest absolute Gasteiger partial charge is 0.410 e. The number of urea groups is 1. The lowest BCUT2D eigenvalue weighted by atomic mass is 10.0. The van der Waals surface area contributed by atoms with Gasteiger partial charge in [0.1, 0.15) is 17.7 Å². The third-order valence-corrected chi connectivity index (χ3v) is 10.7. The van der Waals surface area contributed by atoms with Crippen LogP contribution in [-0.4, -0.2) is 114 Å². The number of carbonyl (C=O) groups is 3. The first-order valence-corrected chi connectivity index (χ1v) is 18.5. The normalized spacial score (nSPS) is 21.6. The average Bonchev–Trinajstić information content (AvgIpc) is 3.18. The van der Waals surface area contributed by atoms with Crippen molar-refractivity contribution >= 4 is 28.1 Å². The highest BCUT2D eigenvalue weighted by atomic mass is 32.2. The van der Waals surface area contributed by atoms with Gasteiger partial charge in [-0.05, 0) is 59.3 Å². The quantitative estimate of drug-likeness (QED) is 0.168. The number of rotatable bonds is 18. The number of nitrogens with zero attached hydrogens (tertiary/aromatic N) is 4. The second-order valence-electron chi connectivity index (χ2n) is 13.9. The van der Waals surface area contributed by atoms with Crippen LogP contribution in [0.4, 0.5) is 9.59 Å². The predicted octanol–water partition coefficient (Wildman–Crippen LogP) is 4.53. The summed E-state index contributed by atoms with van der Waals surface area (Å²) in [4.78, 5) is 47.2. The van der Waals surface area contributed by atoms with Gasteiger partial charge in [0.25, 0.3) is 5.91 Å². The molecule has 1 N–H and O–H groups in total. The maximum Gasteiger partial charge on any atom is 0.410 e. The van der Waals surface area contributed by atoms with Crippen molar-refractivity contribution in [2.24, 2.45) is 0 Å². The van der Waals surface area contributed by atoms with Crippen LogP contribution in [0.25, 0.3) is 0 Å². The number of hydrogen-bond acceptors (Lipinski definition) is 8. The zero-order valence-electron chi connectivity index (χ0n) is 28.6. The topological polar surface area (TPSA) is 135 Å². The highest BCUT2D eigenvalue weighted by Gasteiger charge is 2.53. The van der Waals surface area contributed by atoms with Gasteiger partial charge in [-0.25, -0.2) is 15.1 Å². The van der Waals surface area contributed by atoms with Crippen molar-refractivity contribution in [2.75, 3.05) is 39.3 Å². The second-order valence-corrected chi connectivity index (χ2v) is 15.5. The summed E-state index contributed by atoms with van der Waals surface area (Å²) in [5, 5.41) is 0.232. The average molecular weight is 661 g/mol. The van der Waals surface area contributed by atoms with Crippen molar-refractivity contribution < 1.29 is 41.1 Å². The minimum atomic E-state index is -4.18. The molecular weight excluding hydrogens is 602 g/mol. The van der Waals surface area contributed by atoms with Crippen LogP contribution in [0.2, 0.25) is 0 Å². The van der Waals surface area contributed by atoms with E-state index in [1.54, 1.807) is 20.8 Å². The first-order valence-electron chi connectivity index (χ1n) is 17.0. The summed E-state index contributed by atoms with van der Waals surface area (Å²) in [5.74, 6) is -0.486. The Morgan fingerprint density at radius 3 is 2.02 bits per heavy atom. The Bertz CT molecular complexity index is 1090. The molecule has 14 heteroatoms. The van der Waals surface area contributed by atoms with Gasteiger partial charge in [-0.1, -0.05) is 47.0 Å². The summed E-state index contributed by atoms with van der Waals surface area (Å²) in [6.45, 7) is 16.7. The predicted molar refractivity (Wildman–Crippen MR) is 170 cm³/mol. The number of hydrogen-bond donors (Lipinski definition) is 1. The Morgan fingerprint density at radius 2 is 1.51 bits per heavy atom. The van der Waals surface area contributed by atoms with E-state index in [1.165, 1.54) is 9.80 Å². The van der Waals surface area contributed by atoms with Crippen LogP contribution in [0.15, 0.2) is 0 Å². The van der Waals surface area contributed by atoms with Crippen LogP contribution in [0.1, 0.15) is 113 Å². The molecule has 260 valence electrons. The van der Waals surface area contributed by atoms with Crippen LogP contribution in [0, 0.1) is 0 Å². The van der Waals surface area contributed by atoms with Crippen molar-refractivity contribution in [3.63, 3.8) is 0 Å². The molecular formula is C31H58N5O8S+. The van der Waals surface area contributed by atoms with Gasteiger partial charge < -0.3 is 19.0 Å². The van der Waals surface area contributed by atoms with Crippen LogP contribution < -0.4 is 5.48 Å². The zero-order valence-corrected chi connectivity index (χ0v) is 29.4. The third-order valence-electron chi connectivity index (χ3n) is 8.99.